The number of nitrogens with zero attached hydrogens (tertiary/aromatic N) is 9. The van der Waals surface area contributed by atoms with Crippen molar-refractivity contribution in [3.63, 3.8) is 0 Å². The number of hydrogen-bond acceptors (Lipinski definition) is 13. The Hall–Kier alpha value is -6.97. The fourth-order valence-electron chi connectivity index (χ4n) is 14.1. The summed E-state index contributed by atoms with van der Waals surface area (Å²) < 4.78 is 53.8. The van der Waals surface area contributed by atoms with Gasteiger partial charge in [-0.15, -0.1) is 6.42 Å². The van der Waals surface area contributed by atoms with Gasteiger partial charge in [-0.2, -0.15) is 15.1 Å². The molecule has 16 nitrogen and oxygen atoms in total. The number of anilines is 2. The SMILES string of the molecule is C#Cc1c(F)ccc2cccc(-c3nc4c5c(nc(OC6[C@@H]7CCCN6[C@H](COC(=O)N6CCC(CC8CCN(c9ccc%10c(C%11CCC(=O)NC%11=O)nn(C)c%10c9)CC8)CC6)CC7)nc5c3F)N3CCCOC[C@@H]3CC4)c12. The highest BCUT2D eigenvalue weighted by Crippen LogP contribution is 2.43. The number of amides is 3. The van der Waals surface area contributed by atoms with Crippen LogP contribution >= 0.6 is 0 Å². The van der Waals surface area contributed by atoms with E-state index in [2.05, 4.69) is 44.1 Å². The average Bonchev–Trinajstić information content (AvgIpc) is 3.62. The molecule has 3 aromatic heterocycles. The van der Waals surface area contributed by atoms with Crippen molar-refractivity contribution in [3.8, 4) is 29.6 Å². The van der Waals surface area contributed by atoms with E-state index in [-0.39, 0.29) is 65.3 Å². The number of carbonyl (C=O) groups is 3. The number of pyridine rings is 1. The van der Waals surface area contributed by atoms with E-state index in [4.69, 9.17) is 40.7 Å². The summed E-state index contributed by atoms with van der Waals surface area (Å²) in [6, 6.07) is 14.7. The molecule has 18 heteroatoms. The van der Waals surface area contributed by atoms with Crippen molar-refractivity contribution in [2.75, 3.05) is 68.9 Å². The number of carbonyl (C=O) groups excluding carboxylic acids is 3. The lowest BCUT2D eigenvalue weighted by Crippen LogP contribution is -2.58. The van der Waals surface area contributed by atoms with Gasteiger partial charge < -0.3 is 28.9 Å². The van der Waals surface area contributed by atoms with Gasteiger partial charge in [-0.25, -0.2) is 18.6 Å². The molecule has 10 heterocycles. The van der Waals surface area contributed by atoms with E-state index in [1.54, 1.807) is 18.2 Å². The zero-order valence-corrected chi connectivity index (χ0v) is 44.2. The van der Waals surface area contributed by atoms with Crippen LogP contribution in [0, 0.1) is 41.7 Å². The Labute approximate surface area is 452 Å². The average molecular weight is 1060 g/mol. The van der Waals surface area contributed by atoms with Crippen LogP contribution in [-0.4, -0.2) is 130 Å². The van der Waals surface area contributed by atoms with Crippen molar-refractivity contribution < 1.29 is 37.4 Å². The molecule has 78 heavy (non-hydrogen) atoms. The first kappa shape index (κ1) is 50.5. The van der Waals surface area contributed by atoms with Gasteiger partial charge in [0.2, 0.25) is 11.8 Å². The second kappa shape index (κ2) is 21.0. The van der Waals surface area contributed by atoms with Crippen LogP contribution in [0.2, 0.25) is 0 Å². The molecule has 2 bridgehead atoms. The van der Waals surface area contributed by atoms with E-state index in [1.165, 1.54) is 6.07 Å². The fraction of sp³-hybridized carbons (Fsp3) is 0.517. The summed E-state index contributed by atoms with van der Waals surface area (Å²) >= 11 is 0. The molecule has 6 fully saturated rings. The Bertz CT molecular complexity index is 3380. The summed E-state index contributed by atoms with van der Waals surface area (Å²) in [5.41, 5.74) is 4.14. The quantitative estimate of drug-likeness (QED) is 0.108. The second-order valence-electron chi connectivity index (χ2n) is 22.8. The van der Waals surface area contributed by atoms with E-state index in [0.29, 0.717) is 104 Å². The first-order chi connectivity index (χ1) is 38.1. The summed E-state index contributed by atoms with van der Waals surface area (Å²) in [7, 11) is 1.91. The number of ether oxygens (including phenoxy) is 3. The number of benzene rings is 3. The Morgan fingerprint density at radius 3 is 2.53 bits per heavy atom. The van der Waals surface area contributed by atoms with Gasteiger partial charge in [-0.05, 0) is 125 Å². The summed E-state index contributed by atoms with van der Waals surface area (Å²) in [4.78, 5) is 62.1. The number of rotatable bonds is 9. The maximum absolute atomic E-state index is 17.6. The smallest absolute Gasteiger partial charge is 0.409 e. The minimum absolute atomic E-state index is 0.0144. The molecule has 3 aromatic carbocycles. The molecule has 3 unspecified atom stereocenters. The first-order valence-electron chi connectivity index (χ1n) is 28.4. The molecule has 6 aromatic rings. The van der Waals surface area contributed by atoms with Gasteiger partial charge in [-0.3, -0.25) is 24.5 Å². The van der Waals surface area contributed by atoms with E-state index in [1.807, 2.05) is 22.7 Å². The van der Waals surface area contributed by atoms with Crippen molar-refractivity contribution in [2.45, 2.75) is 114 Å². The van der Waals surface area contributed by atoms with Crippen LogP contribution in [0.3, 0.4) is 0 Å². The summed E-state index contributed by atoms with van der Waals surface area (Å²) in [6.07, 6.45) is 17.0. The lowest BCUT2D eigenvalue weighted by Gasteiger charge is -2.48. The van der Waals surface area contributed by atoms with Crippen molar-refractivity contribution in [2.24, 2.45) is 24.8 Å². The van der Waals surface area contributed by atoms with Gasteiger partial charge in [0.25, 0.3) is 0 Å². The largest absolute Gasteiger partial charge is 0.448 e. The van der Waals surface area contributed by atoms with Crippen LogP contribution in [0.5, 0.6) is 6.01 Å². The van der Waals surface area contributed by atoms with Crippen LogP contribution in [-0.2, 0) is 32.5 Å². The maximum Gasteiger partial charge on any atom is 0.409 e. The van der Waals surface area contributed by atoms with Crippen LogP contribution in [0.25, 0.3) is 43.8 Å². The molecule has 0 radical (unpaired) electrons. The van der Waals surface area contributed by atoms with Crippen molar-refractivity contribution in [1.29, 1.82) is 0 Å². The second-order valence-corrected chi connectivity index (χ2v) is 22.8. The Morgan fingerprint density at radius 1 is 0.872 bits per heavy atom. The summed E-state index contributed by atoms with van der Waals surface area (Å²) in [5, 5.41) is 9.82. The number of likely N-dealkylation sites (tertiary alicyclic amines) is 1. The maximum atomic E-state index is 17.6. The lowest BCUT2D eigenvalue weighted by molar-refractivity contribution is -0.134. The highest BCUT2D eigenvalue weighted by Gasteiger charge is 2.43. The van der Waals surface area contributed by atoms with Crippen molar-refractivity contribution in [3.05, 3.63) is 77.1 Å². The monoisotopic (exact) mass is 1060 g/mol. The minimum atomic E-state index is -0.646. The third-order valence-electron chi connectivity index (χ3n) is 18.3. The van der Waals surface area contributed by atoms with E-state index < -0.39 is 23.8 Å². The molecule has 6 atom stereocenters. The van der Waals surface area contributed by atoms with E-state index >= 15 is 8.78 Å². The van der Waals surface area contributed by atoms with Gasteiger partial charge >= 0.3 is 12.1 Å². The molecule has 7 aliphatic rings. The van der Waals surface area contributed by atoms with Crippen LogP contribution in [0.1, 0.15) is 106 Å². The molecule has 0 saturated carbocycles. The molecular formula is C60H66F2N10O6. The highest BCUT2D eigenvalue weighted by atomic mass is 19.1. The molecule has 1 N–H and O–H groups in total. The highest BCUT2D eigenvalue weighted by molar-refractivity contribution is 6.04. The molecular weight excluding hydrogens is 995 g/mol. The summed E-state index contributed by atoms with van der Waals surface area (Å²) in [5.74, 6) is 2.34. The van der Waals surface area contributed by atoms with E-state index in [0.717, 1.165) is 106 Å². The molecule has 7 aliphatic heterocycles. The topological polar surface area (TPSA) is 160 Å². The third kappa shape index (κ3) is 9.33. The molecule has 0 aliphatic carbocycles. The normalized spacial score (nSPS) is 25.1. The number of piperidine rings is 5. The van der Waals surface area contributed by atoms with Crippen molar-refractivity contribution in [1.82, 2.24) is 39.8 Å². The molecule has 6 saturated heterocycles. The molecule has 3 amide bonds. The number of terminal acetylenes is 1. The zero-order chi connectivity index (χ0) is 53.2. The van der Waals surface area contributed by atoms with E-state index in [9.17, 15) is 14.4 Å². The number of halogens is 2. The number of aryl methyl sites for hydroxylation is 2. The molecule has 13 rings (SSSR count). The predicted octanol–water partition coefficient (Wildman–Crippen LogP) is 8.79. The predicted molar refractivity (Wildman–Crippen MR) is 291 cm³/mol. The standard InChI is InChI=1S/C60H66F2N10O6/c1-3-42-46(61)17-11-37-7-4-9-44(50(37)42)54-52(62)55-51-47(63-54)18-14-40-33-76-30-6-25-71(40)56(51)66-59(65-55)78-58-38-8-5-24-72(58)41(12-10-38)34-77-60(75)70-28-22-36(23-29-70)31-35-20-26-69(27-21-35)39-13-15-43-48(32-39)68(2)67-53(43)45-16-19-49(73)64-57(45)74/h1,4,7,9,11,13,15,17,32,35-36,38,40-41,45,58H,5-6,8,10,12,14,16,18-31,33-34H2,2H3,(H,64,73,74)/t38-,40+,41+,45?,58?/m1/s1. The molecule has 406 valence electrons. The Kier molecular flexibility index (Phi) is 13.6. The van der Waals surface area contributed by atoms with Crippen molar-refractivity contribution >= 4 is 62.0 Å². The number of nitrogens with one attached hydrogen (secondary N) is 1. The fourth-order valence-corrected chi connectivity index (χ4v) is 14.1. The minimum Gasteiger partial charge on any atom is -0.448 e. The van der Waals surface area contributed by atoms with Gasteiger partial charge in [0.15, 0.2) is 12.0 Å². The Balaban J connectivity index is 0.657. The molecule has 0 spiro atoms. The van der Waals surface area contributed by atoms with Gasteiger partial charge in [0.05, 0.1) is 46.4 Å². The van der Waals surface area contributed by atoms with Gasteiger partial charge in [0.1, 0.15) is 29.5 Å². The zero-order valence-electron chi connectivity index (χ0n) is 44.2. The number of imide groups is 1. The van der Waals surface area contributed by atoms with Gasteiger partial charge in [-0.1, -0.05) is 30.2 Å². The Morgan fingerprint density at radius 2 is 1.71 bits per heavy atom. The number of aromatic nitrogens is 5. The number of fused-ring (bicyclic) bond motifs is 6. The summed E-state index contributed by atoms with van der Waals surface area (Å²) in [6.45, 7) is 6.10. The van der Waals surface area contributed by atoms with Gasteiger partial charge in [0, 0.05) is 93.3 Å². The number of hydrogen-bond donors (Lipinski definition) is 1. The van der Waals surface area contributed by atoms with Crippen LogP contribution in [0.15, 0.2) is 48.5 Å². The third-order valence-corrected chi connectivity index (χ3v) is 18.3. The van der Waals surface area contributed by atoms with Crippen LogP contribution in [0.4, 0.5) is 25.1 Å². The first-order valence-corrected chi connectivity index (χ1v) is 28.4. The van der Waals surface area contributed by atoms with Crippen LogP contribution < -0.4 is 19.9 Å². The lowest BCUT2D eigenvalue weighted by atomic mass is 9.83.